The molecule has 4 heteroatoms. The molecule has 0 radical (unpaired) electrons. The molecule has 1 aliphatic carbocycles. The number of hydrogen-bond donors (Lipinski definition) is 1. The lowest BCUT2D eigenvalue weighted by Gasteiger charge is -2.41. The van der Waals surface area contributed by atoms with Gasteiger partial charge in [-0.3, -0.25) is 4.68 Å². The third kappa shape index (κ3) is 3.22. The van der Waals surface area contributed by atoms with Crippen LogP contribution < -0.4 is 10.1 Å². The summed E-state index contributed by atoms with van der Waals surface area (Å²) in [6.45, 7) is 5.38. The van der Waals surface area contributed by atoms with Crippen LogP contribution in [0.3, 0.4) is 0 Å². The van der Waals surface area contributed by atoms with Crippen molar-refractivity contribution in [3.8, 4) is 5.75 Å². The van der Waals surface area contributed by atoms with Gasteiger partial charge in [-0.2, -0.15) is 5.10 Å². The second kappa shape index (κ2) is 5.08. The normalized spacial score (nSPS) is 18.1. The predicted molar refractivity (Wildman–Crippen MR) is 68.2 cm³/mol. The minimum Gasteiger partial charge on any atom is -0.484 e. The van der Waals surface area contributed by atoms with Gasteiger partial charge in [-0.1, -0.05) is 13.8 Å². The maximum atomic E-state index is 6.12. The molecule has 1 heterocycles. The average Bonchev–Trinajstić information content (AvgIpc) is 2.59. The van der Waals surface area contributed by atoms with Gasteiger partial charge in [-0.15, -0.1) is 0 Å². The van der Waals surface area contributed by atoms with Crippen molar-refractivity contribution < 1.29 is 4.74 Å². The maximum absolute atomic E-state index is 6.12. The number of nitrogens with zero attached hydrogens (tertiary/aromatic N) is 2. The summed E-state index contributed by atoms with van der Waals surface area (Å²) in [5.41, 5.74) is 0.0604. The zero-order chi connectivity index (χ0) is 12.3. The van der Waals surface area contributed by atoms with Crippen LogP contribution in [0.15, 0.2) is 12.4 Å². The summed E-state index contributed by atoms with van der Waals surface area (Å²) in [5, 5.41) is 7.60. The minimum atomic E-state index is 0.0604. The molecule has 17 heavy (non-hydrogen) atoms. The number of hydrogen-bond acceptors (Lipinski definition) is 3. The quantitative estimate of drug-likeness (QED) is 0.823. The Morgan fingerprint density at radius 3 is 2.76 bits per heavy atom. The van der Waals surface area contributed by atoms with Gasteiger partial charge in [0.2, 0.25) is 0 Å². The molecular formula is C13H23N3O. The van der Waals surface area contributed by atoms with Crippen LogP contribution in [0, 0.1) is 0 Å². The van der Waals surface area contributed by atoms with Gasteiger partial charge in [0, 0.05) is 13.1 Å². The second-order valence-electron chi connectivity index (χ2n) is 5.35. The van der Waals surface area contributed by atoms with Crippen LogP contribution in [0.25, 0.3) is 0 Å². The summed E-state index contributed by atoms with van der Waals surface area (Å²) in [4.78, 5) is 0. The number of rotatable bonds is 6. The standard InChI is InChI=1S/C13H23N3O/c1-11(2)14-8-7-13(5-4-6-13)17-12-9-15-16(3)10-12/h9-11,14H,4-8H2,1-3H3. The van der Waals surface area contributed by atoms with Gasteiger partial charge in [0.05, 0.1) is 12.4 Å². The third-order valence-electron chi connectivity index (χ3n) is 3.41. The second-order valence-corrected chi connectivity index (χ2v) is 5.35. The van der Waals surface area contributed by atoms with Crippen molar-refractivity contribution in [3.63, 3.8) is 0 Å². The van der Waals surface area contributed by atoms with Gasteiger partial charge < -0.3 is 10.1 Å². The van der Waals surface area contributed by atoms with E-state index < -0.39 is 0 Å². The van der Waals surface area contributed by atoms with Gasteiger partial charge in [0.25, 0.3) is 0 Å². The van der Waals surface area contributed by atoms with E-state index in [1.165, 1.54) is 19.3 Å². The van der Waals surface area contributed by atoms with Crippen LogP contribution in [0.1, 0.15) is 39.5 Å². The monoisotopic (exact) mass is 237 g/mol. The molecule has 0 unspecified atom stereocenters. The highest BCUT2D eigenvalue weighted by Gasteiger charge is 2.39. The first-order valence-electron chi connectivity index (χ1n) is 6.51. The van der Waals surface area contributed by atoms with Crippen molar-refractivity contribution in [1.29, 1.82) is 0 Å². The van der Waals surface area contributed by atoms with Crippen molar-refractivity contribution in [2.45, 2.75) is 51.2 Å². The van der Waals surface area contributed by atoms with E-state index in [1.54, 1.807) is 10.9 Å². The molecule has 0 saturated heterocycles. The minimum absolute atomic E-state index is 0.0604. The van der Waals surface area contributed by atoms with Crippen molar-refractivity contribution in [2.75, 3.05) is 6.54 Å². The summed E-state index contributed by atoms with van der Waals surface area (Å²) in [6.07, 6.45) is 8.44. The fraction of sp³-hybridized carbons (Fsp3) is 0.769. The summed E-state index contributed by atoms with van der Waals surface area (Å²) in [5.74, 6) is 0.900. The molecule has 1 N–H and O–H groups in total. The highest BCUT2D eigenvalue weighted by Crippen LogP contribution is 2.39. The van der Waals surface area contributed by atoms with E-state index in [2.05, 4.69) is 24.3 Å². The van der Waals surface area contributed by atoms with Gasteiger partial charge in [0.15, 0.2) is 5.75 Å². The van der Waals surface area contributed by atoms with E-state index in [1.807, 2.05) is 13.2 Å². The van der Waals surface area contributed by atoms with Crippen LogP contribution in [0.2, 0.25) is 0 Å². The summed E-state index contributed by atoms with van der Waals surface area (Å²) >= 11 is 0. The summed E-state index contributed by atoms with van der Waals surface area (Å²) in [6, 6.07) is 0.547. The molecule has 1 aliphatic rings. The zero-order valence-corrected chi connectivity index (χ0v) is 11.1. The molecule has 0 spiro atoms. The lowest BCUT2D eigenvalue weighted by Crippen LogP contribution is -2.45. The highest BCUT2D eigenvalue weighted by molar-refractivity contribution is 5.14. The van der Waals surface area contributed by atoms with E-state index in [4.69, 9.17) is 4.74 Å². The maximum Gasteiger partial charge on any atom is 0.158 e. The van der Waals surface area contributed by atoms with Crippen molar-refractivity contribution in [2.24, 2.45) is 7.05 Å². The molecule has 0 atom stereocenters. The first kappa shape index (κ1) is 12.4. The lowest BCUT2D eigenvalue weighted by molar-refractivity contribution is -0.0146. The van der Waals surface area contributed by atoms with Crippen LogP contribution >= 0.6 is 0 Å². The van der Waals surface area contributed by atoms with E-state index in [9.17, 15) is 0 Å². The molecule has 1 aromatic heterocycles. The molecule has 1 saturated carbocycles. The Hall–Kier alpha value is -1.03. The molecule has 1 fully saturated rings. The molecule has 0 amide bonds. The van der Waals surface area contributed by atoms with Crippen molar-refractivity contribution in [3.05, 3.63) is 12.4 Å². The zero-order valence-electron chi connectivity index (χ0n) is 11.1. The third-order valence-corrected chi connectivity index (χ3v) is 3.41. The Bertz CT molecular complexity index is 355. The first-order valence-corrected chi connectivity index (χ1v) is 6.51. The molecule has 1 aromatic rings. The van der Waals surface area contributed by atoms with Crippen LogP contribution in [-0.4, -0.2) is 28.0 Å². The average molecular weight is 237 g/mol. The summed E-state index contributed by atoms with van der Waals surface area (Å²) in [7, 11) is 1.92. The fourth-order valence-corrected chi connectivity index (χ4v) is 2.26. The number of aryl methyl sites for hydroxylation is 1. The molecule has 2 rings (SSSR count). The number of nitrogens with one attached hydrogen (secondary N) is 1. The van der Waals surface area contributed by atoms with Gasteiger partial charge >= 0.3 is 0 Å². The topological polar surface area (TPSA) is 39.1 Å². The van der Waals surface area contributed by atoms with Crippen LogP contribution in [0.5, 0.6) is 5.75 Å². The molecule has 4 nitrogen and oxygen atoms in total. The first-order chi connectivity index (χ1) is 8.10. The Balaban J connectivity index is 1.86. The van der Waals surface area contributed by atoms with Crippen molar-refractivity contribution in [1.82, 2.24) is 15.1 Å². The Morgan fingerprint density at radius 1 is 1.53 bits per heavy atom. The smallest absolute Gasteiger partial charge is 0.158 e. The molecule has 96 valence electrons. The van der Waals surface area contributed by atoms with Crippen LogP contribution in [0.4, 0.5) is 0 Å². The molecule has 0 aromatic carbocycles. The van der Waals surface area contributed by atoms with Gasteiger partial charge in [-0.25, -0.2) is 0 Å². The van der Waals surface area contributed by atoms with Gasteiger partial charge in [0.1, 0.15) is 5.60 Å². The Kier molecular flexibility index (Phi) is 3.72. The predicted octanol–water partition coefficient (Wildman–Crippen LogP) is 2.11. The number of aromatic nitrogens is 2. The SMILES string of the molecule is CC(C)NCCC1(Oc2cnn(C)c2)CCC1. The fourth-order valence-electron chi connectivity index (χ4n) is 2.26. The molecule has 0 bridgehead atoms. The lowest BCUT2D eigenvalue weighted by atomic mass is 9.77. The summed E-state index contributed by atoms with van der Waals surface area (Å²) < 4.78 is 7.90. The van der Waals surface area contributed by atoms with Crippen LogP contribution in [-0.2, 0) is 7.05 Å². The van der Waals surface area contributed by atoms with E-state index in [-0.39, 0.29) is 5.60 Å². The molecular weight excluding hydrogens is 214 g/mol. The number of ether oxygens (including phenoxy) is 1. The van der Waals surface area contributed by atoms with Gasteiger partial charge in [-0.05, 0) is 32.2 Å². The van der Waals surface area contributed by atoms with E-state index in [0.29, 0.717) is 6.04 Å². The Morgan fingerprint density at radius 2 is 2.29 bits per heavy atom. The Labute approximate surface area is 103 Å². The van der Waals surface area contributed by atoms with E-state index >= 15 is 0 Å². The van der Waals surface area contributed by atoms with E-state index in [0.717, 1.165) is 18.7 Å². The van der Waals surface area contributed by atoms with Crippen molar-refractivity contribution >= 4 is 0 Å². The molecule has 0 aliphatic heterocycles. The largest absolute Gasteiger partial charge is 0.484 e. The highest BCUT2D eigenvalue weighted by atomic mass is 16.5.